The molecule has 0 unspecified atom stereocenters. The third-order valence-corrected chi connectivity index (χ3v) is 4.82. The lowest BCUT2D eigenvalue weighted by Crippen LogP contribution is -2.36. The number of likely N-dealkylation sites (N-methyl/N-ethyl adjacent to an activating group) is 1. The molecule has 0 radical (unpaired) electrons. The van der Waals surface area contributed by atoms with Crippen LogP contribution >= 0.6 is 0 Å². The summed E-state index contributed by atoms with van der Waals surface area (Å²) in [5.74, 6) is -0.750. The minimum atomic E-state index is -0.713. The molecule has 2 heterocycles. The van der Waals surface area contributed by atoms with Crippen LogP contribution in [-0.4, -0.2) is 54.3 Å². The number of carbonyl (C=O) groups excluding carboxylic acids is 1. The first-order chi connectivity index (χ1) is 12.9. The number of ether oxygens (including phenoxy) is 4. The Morgan fingerprint density at radius 3 is 2.56 bits per heavy atom. The van der Waals surface area contributed by atoms with Gasteiger partial charge in [0.15, 0.2) is 12.1 Å². The van der Waals surface area contributed by atoms with E-state index in [0.29, 0.717) is 19.7 Å². The zero-order chi connectivity index (χ0) is 19.4. The molecule has 0 N–H and O–H groups in total. The molecule has 1 amide bonds. The van der Waals surface area contributed by atoms with Gasteiger partial charge in [-0.15, -0.1) is 0 Å². The number of amides is 1. The Morgan fingerprint density at radius 1 is 1.19 bits per heavy atom. The van der Waals surface area contributed by atoms with Gasteiger partial charge in [0.1, 0.15) is 18.3 Å². The summed E-state index contributed by atoms with van der Waals surface area (Å²) in [6, 6.07) is 9.95. The van der Waals surface area contributed by atoms with Gasteiger partial charge < -0.3 is 23.8 Å². The fraction of sp³-hybridized carbons (Fsp3) is 0.571. The number of nitrogens with zero attached hydrogens (tertiary/aromatic N) is 1. The van der Waals surface area contributed by atoms with Crippen LogP contribution in [0.1, 0.15) is 33.3 Å². The van der Waals surface area contributed by atoms with Crippen LogP contribution in [0.2, 0.25) is 0 Å². The van der Waals surface area contributed by atoms with E-state index in [4.69, 9.17) is 18.9 Å². The Balaban J connectivity index is 1.70. The molecule has 1 aromatic carbocycles. The van der Waals surface area contributed by atoms with Crippen LogP contribution in [0.25, 0.3) is 0 Å². The van der Waals surface area contributed by atoms with Crippen LogP contribution in [0.15, 0.2) is 42.5 Å². The van der Waals surface area contributed by atoms with Gasteiger partial charge in [-0.2, -0.15) is 0 Å². The fourth-order valence-corrected chi connectivity index (χ4v) is 3.43. The molecular weight excluding hydrogens is 346 g/mol. The van der Waals surface area contributed by atoms with Crippen molar-refractivity contribution in [3.05, 3.63) is 48.0 Å². The van der Waals surface area contributed by atoms with Gasteiger partial charge in [0.05, 0.1) is 6.61 Å². The summed E-state index contributed by atoms with van der Waals surface area (Å²) in [6.45, 7) is 9.42. The summed E-state index contributed by atoms with van der Waals surface area (Å²) < 4.78 is 24.0. The maximum absolute atomic E-state index is 12.3. The predicted octanol–water partition coefficient (Wildman–Crippen LogP) is 2.87. The maximum atomic E-state index is 12.3. The van der Waals surface area contributed by atoms with E-state index >= 15 is 0 Å². The Bertz CT molecular complexity index is 656. The third kappa shape index (κ3) is 4.76. The second kappa shape index (κ2) is 8.52. The number of hydrogen-bond donors (Lipinski definition) is 0. The SMILES string of the molecule is CCN(CC)C(=O)/C=C/[C@H]1O[C@@H]2OC(C)(C)O[C@@H]2[C@H]1OCc1ccccc1. The van der Waals surface area contributed by atoms with Crippen LogP contribution in [0, 0.1) is 0 Å². The summed E-state index contributed by atoms with van der Waals surface area (Å²) in [5, 5.41) is 0. The molecule has 148 valence electrons. The van der Waals surface area contributed by atoms with Crippen LogP contribution in [0.3, 0.4) is 0 Å². The Kier molecular flexibility index (Phi) is 6.32. The minimum Gasteiger partial charge on any atom is -0.368 e. The molecule has 3 rings (SSSR count). The lowest BCUT2D eigenvalue weighted by Gasteiger charge is -2.25. The molecule has 2 aliphatic heterocycles. The number of fused-ring (bicyclic) bond motifs is 1. The summed E-state index contributed by atoms with van der Waals surface area (Å²) in [7, 11) is 0. The molecule has 2 saturated heterocycles. The normalized spacial score (nSPS) is 29.2. The van der Waals surface area contributed by atoms with Crippen molar-refractivity contribution in [1.82, 2.24) is 4.90 Å². The lowest BCUT2D eigenvalue weighted by molar-refractivity contribution is -0.213. The highest BCUT2D eigenvalue weighted by molar-refractivity contribution is 5.87. The molecule has 0 saturated carbocycles. The van der Waals surface area contributed by atoms with Crippen molar-refractivity contribution in [3.8, 4) is 0 Å². The molecule has 0 spiro atoms. The predicted molar refractivity (Wildman–Crippen MR) is 101 cm³/mol. The average Bonchev–Trinajstić information content (AvgIpc) is 3.11. The topological polar surface area (TPSA) is 57.2 Å². The van der Waals surface area contributed by atoms with Crippen LogP contribution in [0.5, 0.6) is 0 Å². The molecule has 6 nitrogen and oxygen atoms in total. The van der Waals surface area contributed by atoms with Gasteiger partial charge in [-0.1, -0.05) is 30.3 Å². The monoisotopic (exact) mass is 375 g/mol. The molecule has 0 bridgehead atoms. The molecule has 1 aromatic rings. The van der Waals surface area contributed by atoms with Gasteiger partial charge in [-0.05, 0) is 39.3 Å². The molecule has 27 heavy (non-hydrogen) atoms. The molecule has 0 aromatic heterocycles. The number of rotatable bonds is 7. The smallest absolute Gasteiger partial charge is 0.246 e. The van der Waals surface area contributed by atoms with Crippen molar-refractivity contribution in [2.45, 2.75) is 64.7 Å². The molecule has 2 aliphatic rings. The number of hydrogen-bond acceptors (Lipinski definition) is 5. The first-order valence-corrected chi connectivity index (χ1v) is 9.57. The van der Waals surface area contributed by atoms with Crippen molar-refractivity contribution in [1.29, 1.82) is 0 Å². The van der Waals surface area contributed by atoms with Crippen molar-refractivity contribution in [2.24, 2.45) is 0 Å². The van der Waals surface area contributed by atoms with Gasteiger partial charge in [0.2, 0.25) is 5.91 Å². The van der Waals surface area contributed by atoms with E-state index in [-0.39, 0.29) is 18.1 Å². The summed E-state index contributed by atoms with van der Waals surface area (Å²) in [4.78, 5) is 14.0. The summed E-state index contributed by atoms with van der Waals surface area (Å²) >= 11 is 0. The molecule has 0 aliphatic carbocycles. The van der Waals surface area contributed by atoms with Crippen molar-refractivity contribution in [2.75, 3.05) is 13.1 Å². The first-order valence-electron chi connectivity index (χ1n) is 9.57. The first kappa shape index (κ1) is 20.0. The zero-order valence-electron chi connectivity index (χ0n) is 16.5. The third-order valence-electron chi connectivity index (χ3n) is 4.82. The largest absolute Gasteiger partial charge is 0.368 e. The van der Waals surface area contributed by atoms with E-state index in [9.17, 15) is 4.79 Å². The minimum absolute atomic E-state index is 0.0374. The van der Waals surface area contributed by atoms with E-state index < -0.39 is 18.2 Å². The highest BCUT2D eigenvalue weighted by atomic mass is 16.8. The quantitative estimate of drug-likeness (QED) is 0.686. The van der Waals surface area contributed by atoms with Gasteiger partial charge in [-0.25, -0.2) is 0 Å². The summed E-state index contributed by atoms with van der Waals surface area (Å²) in [5.41, 5.74) is 1.07. The van der Waals surface area contributed by atoms with Gasteiger partial charge in [0, 0.05) is 19.2 Å². The van der Waals surface area contributed by atoms with Crippen molar-refractivity contribution >= 4 is 5.91 Å². The Labute approximate surface area is 161 Å². The second-order valence-corrected chi connectivity index (χ2v) is 7.20. The number of carbonyl (C=O) groups is 1. The van der Waals surface area contributed by atoms with E-state index in [0.717, 1.165) is 5.56 Å². The molecule has 2 fully saturated rings. The molecular formula is C21H29NO5. The highest BCUT2D eigenvalue weighted by Gasteiger charge is 2.54. The van der Waals surface area contributed by atoms with Gasteiger partial charge >= 0.3 is 0 Å². The van der Waals surface area contributed by atoms with Gasteiger partial charge in [0.25, 0.3) is 0 Å². The van der Waals surface area contributed by atoms with Crippen molar-refractivity contribution in [3.63, 3.8) is 0 Å². The highest BCUT2D eigenvalue weighted by Crippen LogP contribution is 2.39. The number of benzene rings is 1. The lowest BCUT2D eigenvalue weighted by atomic mass is 10.1. The standard InChI is InChI=1S/C21H29NO5/c1-5-22(6-2)17(23)13-12-16-18(24-14-15-10-8-7-9-11-15)19-20(25-16)27-21(3,4)26-19/h7-13,16,18-20H,5-6,14H2,1-4H3/b13-12+/t16-,18+,19-,20-/m1/s1. The van der Waals surface area contributed by atoms with Crippen LogP contribution in [0.4, 0.5) is 0 Å². The van der Waals surface area contributed by atoms with E-state index in [1.165, 1.54) is 0 Å². The van der Waals surface area contributed by atoms with Crippen LogP contribution < -0.4 is 0 Å². The molecule has 6 heteroatoms. The van der Waals surface area contributed by atoms with Crippen molar-refractivity contribution < 1.29 is 23.7 Å². The average molecular weight is 375 g/mol. The Hall–Kier alpha value is -1.73. The summed E-state index contributed by atoms with van der Waals surface area (Å²) in [6.07, 6.45) is 1.73. The zero-order valence-corrected chi connectivity index (χ0v) is 16.5. The van der Waals surface area contributed by atoms with E-state index in [2.05, 4.69) is 0 Å². The van der Waals surface area contributed by atoms with Crippen LogP contribution in [-0.2, 0) is 30.3 Å². The van der Waals surface area contributed by atoms with E-state index in [1.54, 1.807) is 17.1 Å². The fourth-order valence-electron chi connectivity index (χ4n) is 3.43. The Morgan fingerprint density at radius 2 is 1.89 bits per heavy atom. The second-order valence-electron chi connectivity index (χ2n) is 7.20. The molecule has 4 atom stereocenters. The maximum Gasteiger partial charge on any atom is 0.246 e. The van der Waals surface area contributed by atoms with Gasteiger partial charge in [-0.3, -0.25) is 4.79 Å². The van der Waals surface area contributed by atoms with E-state index in [1.807, 2.05) is 58.0 Å².